The van der Waals surface area contributed by atoms with E-state index >= 15 is 0 Å². The van der Waals surface area contributed by atoms with Crippen molar-refractivity contribution in [2.24, 2.45) is 0 Å². The highest BCUT2D eigenvalue weighted by atomic mass is 19.4. The summed E-state index contributed by atoms with van der Waals surface area (Å²) in [5.41, 5.74) is 1.48. The zero-order chi connectivity index (χ0) is 15.0. The normalized spacial score (nSPS) is 11.5. The fourth-order valence-corrected chi connectivity index (χ4v) is 2.04. The summed E-state index contributed by atoms with van der Waals surface area (Å²) in [6, 6.07) is 12.8. The minimum atomic E-state index is -4.40. The number of rotatable bonds is 1. The number of pyridine rings is 1. The number of aromatic nitrogens is 2. The number of nitriles is 1. The minimum Gasteiger partial charge on any atom is -0.240 e. The number of alkyl halides is 3. The van der Waals surface area contributed by atoms with Gasteiger partial charge in [-0.25, -0.2) is 4.52 Å². The first kappa shape index (κ1) is 13.2. The van der Waals surface area contributed by atoms with Crippen LogP contribution in [0.1, 0.15) is 11.1 Å². The Kier molecular flexibility index (Phi) is 2.91. The Morgan fingerprint density at radius 3 is 2.62 bits per heavy atom. The zero-order valence-corrected chi connectivity index (χ0v) is 10.6. The number of benzene rings is 1. The van der Waals surface area contributed by atoms with Crippen molar-refractivity contribution in [3.05, 3.63) is 59.8 Å². The van der Waals surface area contributed by atoms with Crippen molar-refractivity contribution in [3.8, 4) is 17.3 Å². The third kappa shape index (κ3) is 2.46. The third-order valence-electron chi connectivity index (χ3n) is 3.07. The van der Waals surface area contributed by atoms with E-state index in [1.807, 2.05) is 6.07 Å². The second-order valence-corrected chi connectivity index (χ2v) is 4.51. The summed E-state index contributed by atoms with van der Waals surface area (Å²) in [7, 11) is 0. The van der Waals surface area contributed by atoms with Gasteiger partial charge in [0.1, 0.15) is 0 Å². The lowest BCUT2D eigenvalue weighted by atomic mass is 10.1. The van der Waals surface area contributed by atoms with Gasteiger partial charge in [-0.2, -0.15) is 23.5 Å². The van der Waals surface area contributed by atoms with Crippen LogP contribution in [0.25, 0.3) is 16.8 Å². The lowest BCUT2D eigenvalue weighted by molar-refractivity contribution is -0.137. The van der Waals surface area contributed by atoms with E-state index in [0.29, 0.717) is 22.3 Å². The molecule has 0 aliphatic rings. The van der Waals surface area contributed by atoms with Crippen molar-refractivity contribution in [3.63, 3.8) is 0 Å². The quantitative estimate of drug-likeness (QED) is 0.681. The highest BCUT2D eigenvalue weighted by Gasteiger charge is 2.30. The molecule has 0 unspecified atom stereocenters. The average Bonchev–Trinajstić information content (AvgIpc) is 2.89. The molecule has 0 saturated heterocycles. The molecule has 3 rings (SSSR count). The van der Waals surface area contributed by atoms with Crippen molar-refractivity contribution in [2.45, 2.75) is 6.18 Å². The molecule has 0 fully saturated rings. The predicted molar refractivity (Wildman–Crippen MR) is 70.3 cm³/mol. The van der Waals surface area contributed by atoms with Crippen LogP contribution in [-0.4, -0.2) is 9.61 Å². The molecule has 3 nitrogen and oxygen atoms in total. The van der Waals surface area contributed by atoms with Gasteiger partial charge in [0.15, 0.2) is 0 Å². The highest BCUT2D eigenvalue weighted by molar-refractivity contribution is 5.67. The molecule has 0 amide bonds. The molecule has 6 heteroatoms. The minimum absolute atomic E-state index is 0.473. The van der Waals surface area contributed by atoms with Crippen LogP contribution in [0.3, 0.4) is 0 Å². The van der Waals surface area contributed by atoms with Gasteiger partial charge in [0.05, 0.1) is 28.4 Å². The molecular formula is C15H8F3N3. The monoisotopic (exact) mass is 287 g/mol. The van der Waals surface area contributed by atoms with Gasteiger partial charge in [-0.3, -0.25) is 0 Å². The van der Waals surface area contributed by atoms with Crippen LogP contribution in [0.5, 0.6) is 0 Å². The van der Waals surface area contributed by atoms with Gasteiger partial charge in [-0.05, 0) is 30.3 Å². The molecule has 0 bridgehead atoms. The van der Waals surface area contributed by atoms with Crippen LogP contribution in [0, 0.1) is 11.3 Å². The fourth-order valence-electron chi connectivity index (χ4n) is 2.04. The Hall–Kier alpha value is -2.81. The Morgan fingerprint density at radius 1 is 1.10 bits per heavy atom. The van der Waals surface area contributed by atoms with Crippen molar-refractivity contribution >= 4 is 5.52 Å². The predicted octanol–water partition coefficient (Wildman–Crippen LogP) is 3.89. The first-order chi connectivity index (χ1) is 9.97. The molecule has 2 aromatic heterocycles. The third-order valence-corrected chi connectivity index (χ3v) is 3.07. The first-order valence-corrected chi connectivity index (χ1v) is 6.04. The van der Waals surface area contributed by atoms with E-state index in [-0.39, 0.29) is 0 Å². The Labute approximate surface area is 117 Å². The summed E-state index contributed by atoms with van der Waals surface area (Å²) >= 11 is 0. The Balaban J connectivity index is 2.11. The lowest BCUT2D eigenvalue weighted by Crippen LogP contribution is -2.06. The molecule has 0 spiro atoms. The standard InChI is InChI=1S/C15H8F3N3/c16-15(17,18)12-4-5-13-7-14(20-21(13)9-12)11-3-1-2-10(6-11)8-19/h1-7,9H. The molecule has 21 heavy (non-hydrogen) atoms. The molecule has 0 radical (unpaired) electrons. The molecule has 0 aliphatic carbocycles. The van der Waals surface area contributed by atoms with Gasteiger partial charge in [-0.15, -0.1) is 0 Å². The summed E-state index contributed by atoms with van der Waals surface area (Å²) in [6.07, 6.45) is -3.45. The molecule has 0 aliphatic heterocycles. The smallest absolute Gasteiger partial charge is 0.240 e. The number of nitrogens with zero attached hydrogens (tertiary/aromatic N) is 3. The molecule has 2 heterocycles. The topological polar surface area (TPSA) is 41.1 Å². The van der Waals surface area contributed by atoms with E-state index in [1.165, 1.54) is 10.6 Å². The van der Waals surface area contributed by atoms with E-state index in [1.54, 1.807) is 30.3 Å². The fraction of sp³-hybridized carbons (Fsp3) is 0.0667. The maximum atomic E-state index is 12.7. The van der Waals surface area contributed by atoms with E-state index in [4.69, 9.17) is 5.26 Å². The van der Waals surface area contributed by atoms with Gasteiger partial charge < -0.3 is 0 Å². The SMILES string of the molecule is N#Cc1cccc(-c2cc3ccc(C(F)(F)F)cn3n2)c1. The maximum absolute atomic E-state index is 12.7. The maximum Gasteiger partial charge on any atom is 0.417 e. The van der Waals surface area contributed by atoms with Gasteiger partial charge in [-0.1, -0.05) is 12.1 Å². The van der Waals surface area contributed by atoms with Crippen molar-refractivity contribution in [2.75, 3.05) is 0 Å². The van der Waals surface area contributed by atoms with Crippen molar-refractivity contribution in [1.29, 1.82) is 5.26 Å². The summed E-state index contributed by atoms with van der Waals surface area (Å²) in [4.78, 5) is 0. The van der Waals surface area contributed by atoms with Gasteiger partial charge >= 0.3 is 6.18 Å². The van der Waals surface area contributed by atoms with Gasteiger partial charge in [0, 0.05) is 11.8 Å². The van der Waals surface area contributed by atoms with E-state index < -0.39 is 11.7 Å². The molecular weight excluding hydrogens is 279 g/mol. The van der Waals surface area contributed by atoms with Crippen LogP contribution in [0.15, 0.2) is 48.7 Å². The molecule has 0 saturated carbocycles. The van der Waals surface area contributed by atoms with Crippen LogP contribution < -0.4 is 0 Å². The Bertz CT molecular complexity index is 856. The van der Waals surface area contributed by atoms with Gasteiger partial charge in [0.2, 0.25) is 0 Å². The molecule has 0 atom stereocenters. The highest BCUT2D eigenvalue weighted by Crippen LogP contribution is 2.30. The van der Waals surface area contributed by atoms with Gasteiger partial charge in [0.25, 0.3) is 0 Å². The molecule has 3 aromatic rings. The molecule has 104 valence electrons. The van der Waals surface area contributed by atoms with Crippen molar-refractivity contribution in [1.82, 2.24) is 9.61 Å². The van der Waals surface area contributed by atoms with E-state index in [2.05, 4.69) is 5.10 Å². The molecule has 0 N–H and O–H groups in total. The second kappa shape index (κ2) is 4.63. The van der Waals surface area contributed by atoms with Crippen molar-refractivity contribution < 1.29 is 13.2 Å². The van der Waals surface area contributed by atoms with Crippen LogP contribution in [-0.2, 0) is 6.18 Å². The number of hydrogen-bond donors (Lipinski definition) is 0. The summed E-state index contributed by atoms with van der Waals surface area (Å²) < 4.78 is 39.2. The van der Waals surface area contributed by atoms with Crippen LogP contribution in [0.2, 0.25) is 0 Å². The summed E-state index contributed by atoms with van der Waals surface area (Å²) in [5, 5.41) is 13.0. The summed E-state index contributed by atoms with van der Waals surface area (Å²) in [6.45, 7) is 0. The Morgan fingerprint density at radius 2 is 1.90 bits per heavy atom. The number of halogens is 3. The zero-order valence-electron chi connectivity index (χ0n) is 10.6. The van der Waals surface area contributed by atoms with Crippen LogP contribution in [0.4, 0.5) is 13.2 Å². The van der Waals surface area contributed by atoms with E-state index in [9.17, 15) is 13.2 Å². The second-order valence-electron chi connectivity index (χ2n) is 4.51. The molecule has 1 aromatic carbocycles. The average molecular weight is 287 g/mol. The first-order valence-electron chi connectivity index (χ1n) is 6.04. The van der Waals surface area contributed by atoms with E-state index in [0.717, 1.165) is 12.3 Å². The van der Waals surface area contributed by atoms with Crippen LogP contribution >= 0.6 is 0 Å². The number of fused-ring (bicyclic) bond motifs is 1. The summed E-state index contributed by atoms with van der Waals surface area (Å²) in [5.74, 6) is 0. The lowest BCUT2D eigenvalue weighted by Gasteiger charge is -2.05. The largest absolute Gasteiger partial charge is 0.417 e. The number of hydrogen-bond acceptors (Lipinski definition) is 2.